The van der Waals surface area contributed by atoms with E-state index in [0.29, 0.717) is 13.0 Å². The Bertz CT molecular complexity index is 266. The maximum atomic E-state index is 11.7. The van der Waals surface area contributed by atoms with Crippen molar-refractivity contribution < 1.29 is 14.7 Å². The van der Waals surface area contributed by atoms with Crippen LogP contribution in [0.1, 0.15) is 32.6 Å². The molecule has 0 heterocycles. The first-order valence-corrected chi connectivity index (χ1v) is 5.88. The maximum absolute atomic E-state index is 11.7. The molecule has 5 nitrogen and oxygen atoms in total. The van der Waals surface area contributed by atoms with Gasteiger partial charge in [0.15, 0.2) is 0 Å². The third-order valence-electron chi connectivity index (χ3n) is 2.42. The molecule has 0 aliphatic carbocycles. The number of amides is 2. The number of urea groups is 1. The van der Waals surface area contributed by atoms with Gasteiger partial charge in [-0.3, -0.25) is 0 Å². The number of unbranched alkanes of at least 4 members (excludes halogenated alkanes) is 1. The van der Waals surface area contributed by atoms with Gasteiger partial charge >= 0.3 is 12.0 Å². The Morgan fingerprint density at radius 3 is 2.65 bits per heavy atom. The van der Waals surface area contributed by atoms with Gasteiger partial charge in [0.25, 0.3) is 0 Å². The Morgan fingerprint density at radius 2 is 2.18 bits per heavy atom. The van der Waals surface area contributed by atoms with Crippen LogP contribution < -0.4 is 5.32 Å². The van der Waals surface area contributed by atoms with Gasteiger partial charge in [0.2, 0.25) is 0 Å². The van der Waals surface area contributed by atoms with Gasteiger partial charge in [-0.05, 0) is 19.3 Å². The van der Waals surface area contributed by atoms with Crippen LogP contribution in [0.5, 0.6) is 0 Å². The van der Waals surface area contributed by atoms with E-state index in [1.165, 1.54) is 4.90 Å². The highest BCUT2D eigenvalue weighted by atomic mass is 16.4. The van der Waals surface area contributed by atoms with Crippen molar-refractivity contribution in [3.63, 3.8) is 0 Å². The number of hydrogen-bond donors (Lipinski definition) is 2. The zero-order chi connectivity index (χ0) is 13.3. The second-order valence-corrected chi connectivity index (χ2v) is 3.98. The molecular formula is C12H22N2O3. The van der Waals surface area contributed by atoms with E-state index in [1.54, 1.807) is 13.1 Å². The molecule has 1 atom stereocenters. The smallest absolute Gasteiger partial charge is 0.326 e. The van der Waals surface area contributed by atoms with Crippen LogP contribution in [0.25, 0.3) is 0 Å². The monoisotopic (exact) mass is 242 g/mol. The van der Waals surface area contributed by atoms with Gasteiger partial charge in [0, 0.05) is 13.6 Å². The Labute approximate surface area is 102 Å². The number of carboxylic acid groups (broad SMARTS) is 1. The fraction of sp³-hybridized carbons (Fsp3) is 0.667. The van der Waals surface area contributed by atoms with Crippen molar-refractivity contribution in [2.75, 3.05) is 13.6 Å². The zero-order valence-electron chi connectivity index (χ0n) is 10.6. The van der Waals surface area contributed by atoms with E-state index in [-0.39, 0.29) is 6.03 Å². The minimum Gasteiger partial charge on any atom is -0.480 e. The third-order valence-corrected chi connectivity index (χ3v) is 2.42. The summed E-state index contributed by atoms with van der Waals surface area (Å²) in [7, 11) is 1.66. The normalized spacial score (nSPS) is 11.6. The Morgan fingerprint density at radius 1 is 1.53 bits per heavy atom. The minimum absolute atomic E-state index is 0.338. The predicted molar refractivity (Wildman–Crippen MR) is 66.9 cm³/mol. The van der Waals surface area contributed by atoms with Crippen molar-refractivity contribution in [2.45, 2.75) is 38.6 Å². The Balaban J connectivity index is 4.10. The minimum atomic E-state index is -0.986. The fourth-order valence-electron chi connectivity index (χ4n) is 1.38. The topological polar surface area (TPSA) is 69.6 Å². The van der Waals surface area contributed by atoms with Crippen LogP contribution in [0.2, 0.25) is 0 Å². The first-order chi connectivity index (χ1) is 8.02. The molecule has 0 spiro atoms. The van der Waals surface area contributed by atoms with E-state index in [1.807, 2.05) is 6.92 Å². The molecule has 2 amide bonds. The Hall–Kier alpha value is -1.52. The average molecular weight is 242 g/mol. The van der Waals surface area contributed by atoms with Gasteiger partial charge in [0.05, 0.1) is 0 Å². The number of carboxylic acids is 1. The molecule has 0 aromatic carbocycles. The van der Waals surface area contributed by atoms with E-state index in [2.05, 4.69) is 11.9 Å². The van der Waals surface area contributed by atoms with Crippen molar-refractivity contribution in [1.82, 2.24) is 10.2 Å². The molecule has 0 aliphatic heterocycles. The van der Waals surface area contributed by atoms with E-state index in [9.17, 15) is 9.59 Å². The highest BCUT2D eigenvalue weighted by Gasteiger charge is 2.20. The summed E-state index contributed by atoms with van der Waals surface area (Å²) in [5.74, 6) is -0.986. The van der Waals surface area contributed by atoms with Crippen LogP contribution in [0, 0.1) is 0 Å². The number of carbonyl (C=O) groups is 2. The second kappa shape index (κ2) is 8.61. The molecule has 98 valence electrons. The highest BCUT2D eigenvalue weighted by molar-refractivity contribution is 5.82. The maximum Gasteiger partial charge on any atom is 0.326 e. The summed E-state index contributed by atoms with van der Waals surface area (Å²) in [4.78, 5) is 24.0. The second-order valence-electron chi connectivity index (χ2n) is 3.98. The van der Waals surface area contributed by atoms with E-state index in [4.69, 9.17) is 5.11 Å². The molecule has 0 aliphatic rings. The lowest BCUT2D eigenvalue weighted by molar-refractivity contribution is -0.139. The number of rotatable bonds is 8. The van der Waals surface area contributed by atoms with Crippen molar-refractivity contribution in [3.8, 4) is 0 Å². The lowest BCUT2D eigenvalue weighted by atomic mass is 10.2. The zero-order valence-corrected chi connectivity index (χ0v) is 10.6. The molecule has 0 saturated heterocycles. The van der Waals surface area contributed by atoms with Gasteiger partial charge in [-0.1, -0.05) is 19.4 Å². The van der Waals surface area contributed by atoms with Crippen LogP contribution in [0.4, 0.5) is 4.79 Å². The largest absolute Gasteiger partial charge is 0.480 e. The molecule has 0 aromatic heterocycles. The molecular weight excluding hydrogens is 220 g/mol. The predicted octanol–water partition coefficient (Wildman–Crippen LogP) is 1.85. The number of hydrogen-bond acceptors (Lipinski definition) is 2. The van der Waals surface area contributed by atoms with Gasteiger partial charge in [-0.25, -0.2) is 9.59 Å². The van der Waals surface area contributed by atoms with E-state index >= 15 is 0 Å². The fourth-order valence-corrected chi connectivity index (χ4v) is 1.38. The van der Waals surface area contributed by atoms with Crippen molar-refractivity contribution in [2.24, 2.45) is 0 Å². The summed E-state index contributed by atoms with van der Waals surface area (Å²) < 4.78 is 0. The van der Waals surface area contributed by atoms with Gasteiger partial charge in [-0.15, -0.1) is 6.58 Å². The number of nitrogens with one attached hydrogen (secondary N) is 1. The molecule has 0 radical (unpaired) electrons. The molecule has 2 N–H and O–H groups in total. The summed E-state index contributed by atoms with van der Waals surface area (Å²) in [6.45, 7) is 6.08. The van der Waals surface area contributed by atoms with Crippen molar-refractivity contribution in [1.29, 1.82) is 0 Å². The van der Waals surface area contributed by atoms with Crippen LogP contribution in [0.15, 0.2) is 12.7 Å². The summed E-state index contributed by atoms with van der Waals surface area (Å²) >= 11 is 0. The summed E-state index contributed by atoms with van der Waals surface area (Å²) in [5.41, 5.74) is 0. The first-order valence-electron chi connectivity index (χ1n) is 5.88. The SMILES string of the molecule is C=CCCCN(C)C(=O)N[C@H](CCC)C(=O)O. The number of allylic oxidation sites excluding steroid dienone is 1. The molecule has 0 saturated carbocycles. The summed E-state index contributed by atoms with van der Waals surface area (Å²) in [6.07, 6.45) is 4.63. The molecule has 5 heteroatoms. The van der Waals surface area contributed by atoms with Gasteiger partial charge < -0.3 is 15.3 Å². The molecule has 0 rings (SSSR count). The number of nitrogens with zero attached hydrogens (tertiary/aromatic N) is 1. The molecule has 0 bridgehead atoms. The molecule has 0 aromatic rings. The average Bonchev–Trinajstić information content (AvgIpc) is 2.28. The van der Waals surface area contributed by atoms with Crippen LogP contribution in [-0.2, 0) is 4.79 Å². The van der Waals surface area contributed by atoms with E-state index < -0.39 is 12.0 Å². The summed E-state index contributed by atoms with van der Waals surface area (Å²) in [5, 5.41) is 11.4. The van der Waals surface area contributed by atoms with Gasteiger partial charge in [-0.2, -0.15) is 0 Å². The highest BCUT2D eigenvalue weighted by Crippen LogP contribution is 1.99. The molecule has 0 unspecified atom stereocenters. The quantitative estimate of drug-likeness (QED) is 0.504. The van der Waals surface area contributed by atoms with Gasteiger partial charge in [0.1, 0.15) is 6.04 Å². The van der Waals surface area contributed by atoms with Crippen molar-refractivity contribution >= 4 is 12.0 Å². The number of carbonyl (C=O) groups excluding carboxylic acids is 1. The van der Waals surface area contributed by atoms with Crippen molar-refractivity contribution in [3.05, 3.63) is 12.7 Å². The lowest BCUT2D eigenvalue weighted by Crippen LogP contribution is -2.46. The van der Waals surface area contributed by atoms with Crippen LogP contribution in [-0.4, -0.2) is 41.6 Å². The summed E-state index contributed by atoms with van der Waals surface area (Å²) in [6, 6.07) is -1.13. The van der Waals surface area contributed by atoms with Crippen LogP contribution >= 0.6 is 0 Å². The molecule has 0 fully saturated rings. The molecule has 17 heavy (non-hydrogen) atoms. The van der Waals surface area contributed by atoms with Crippen LogP contribution in [0.3, 0.4) is 0 Å². The van der Waals surface area contributed by atoms with E-state index in [0.717, 1.165) is 19.3 Å². The first kappa shape index (κ1) is 15.5. The Kier molecular flexibility index (Phi) is 7.84. The standard InChI is InChI=1S/C12H22N2O3/c1-4-6-7-9-14(3)12(17)13-10(8-5-2)11(15)16/h4,10H,1,5-9H2,2-3H3,(H,13,17)(H,15,16)/t10-/m1/s1. The number of aliphatic carboxylic acids is 1. The third kappa shape index (κ3) is 6.60. The lowest BCUT2D eigenvalue weighted by Gasteiger charge is -2.20.